The number of nitrogens with one attached hydrogen (secondary N) is 1. The average Bonchev–Trinajstić information content (AvgIpc) is 2.74. The van der Waals surface area contributed by atoms with E-state index in [1.54, 1.807) is 23.9 Å². The minimum absolute atomic E-state index is 0.0926. The van der Waals surface area contributed by atoms with E-state index in [1.807, 2.05) is 42.2 Å². The zero-order valence-corrected chi connectivity index (χ0v) is 17.4. The molecule has 2 unspecified atom stereocenters. The van der Waals surface area contributed by atoms with E-state index >= 15 is 0 Å². The molecule has 1 saturated heterocycles. The van der Waals surface area contributed by atoms with Crippen LogP contribution < -0.4 is 5.32 Å². The summed E-state index contributed by atoms with van der Waals surface area (Å²) in [4.78, 5) is 32.5. The zero-order valence-electron chi connectivity index (χ0n) is 15.8. The monoisotopic (exact) mass is 417 g/mol. The Bertz CT molecular complexity index is 801. The van der Waals surface area contributed by atoms with Crippen LogP contribution in [0.3, 0.4) is 0 Å². The van der Waals surface area contributed by atoms with Crippen molar-refractivity contribution >= 4 is 41.0 Å². The van der Waals surface area contributed by atoms with Crippen LogP contribution >= 0.6 is 23.4 Å². The number of benzene rings is 1. The lowest BCUT2D eigenvalue weighted by Gasteiger charge is -2.33. The average molecular weight is 418 g/mol. The molecule has 0 spiro atoms. The van der Waals surface area contributed by atoms with E-state index in [1.165, 1.54) is 6.20 Å². The number of anilines is 1. The van der Waals surface area contributed by atoms with Crippen molar-refractivity contribution in [2.45, 2.75) is 24.7 Å². The van der Waals surface area contributed by atoms with Gasteiger partial charge in [0.1, 0.15) is 5.82 Å². The molecule has 148 valence electrons. The Balaban J connectivity index is 1.52. The van der Waals surface area contributed by atoms with Crippen molar-refractivity contribution in [2.75, 3.05) is 24.2 Å². The van der Waals surface area contributed by atoms with Crippen LogP contribution in [0.25, 0.3) is 0 Å². The van der Waals surface area contributed by atoms with Gasteiger partial charge in [-0.25, -0.2) is 4.98 Å². The Morgan fingerprint density at radius 3 is 2.79 bits per heavy atom. The summed E-state index contributed by atoms with van der Waals surface area (Å²) in [6, 6.07) is 13.4. The number of pyridine rings is 1. The molecule has 7 heteroatoms. The second-order valence-electron chi connectivity index (χ2n) is 7.00. The topological polar surface area (TPSA) is 62.3 Å². The van der Waals surface area contributed by atoms with Crippen molar-refractivity contribution in [1.82, 2.24) is 9.88 Å². The van der Waals surface area contributed by atoms with Gasteiger partial charge in [0.2, 0.25) is 11.8 Å². The molecule has 1 aliphatic rings. The fourth-order valence-electron chi connectivity index (χ4n) is 3.19. The maximum atomic E-state index is 12.8. The van der Waals surface area contributed by atoms with E-state index < -0.39 is 0 Å². The maximum absolute atomic E-state index is 12.8. The minimum Gasteiger partial charge on any atom is -0.342 e. The van der Waals surface area contributed by atoms with Gasteiger partial charge in [-0.1, -0.05) is 36.7 Å². The molecule has 0 saturated carbocycles. The SMILES string of the molecule is CC(CSc1ccccc1)C(=O)N1CCCC(C(=O)Nc2ccc(Cl)cn2)C1. The quantitative estimate of drug-likeness (QED) is 0.710. The first-order chi connectivity index (χ1) is 13.5. The molecule has 2 atom stereocenters. The van der Waals surface area contributed by atoms with Gasteiger partial charge in [-0.2, -0.15) is 0 Å². The van der Waals surface area contributed by atoms with Crippen LogP contribution in [0.1, 0.15) is 19.8 Å². The number of aromatic nitrogens is 1. The fourth-order valence-corrected chi connectivity index (χ4v) is 4.24. The van der Waals surface area contributed by atoms with Gasteiger partial charge in [-0.15, -0.1) is 11.8 Å². The molecule has 0 bridgehead atoms. The van der Waals surface area contributed by atoms with Crippen LogP contribution in [0.2, 0.25) is 5.02 Å². The van der Waals surface area contributed by atoms with Gasteiger partial charge in [0, 0.05) is 35.9 Å². The number of amides is 2. The van der Waals surface area contributed by atoms with Crippen LogP contribution in [0.5, 0.6) is 0 Å². The lowest BCUT2D eigenvalue weighted by molar-refractivity contribution is -0.137. The highest BCUT2D eigenvalue weighted by atomic mass is 35.5. The molecule has 1 aliphatic heterocycles. The van der Waals surface area contributed by atoms with E-state index in [9.17, 15) is 9.59 Å². The van der Waals surface area contributed by atoms with Crippen molar-refractivity contribution in [2.24, 2.45) is 11.8 Å². The number of rotatable bonds is 6. The van der Waals surface area contributed by atoms with Crippen molar-refractivity contribution in [3.05, 3.63) is 53.7 Å². The number of likely N-dealkylation sites (tertiary alicyclic amines) is 1. The second-order valence-corrected chi connectivity index (χ2v) is 8.53. The summed E-state index contributed by atoms with van der Waals surface area (Å²) in [5.41, 5.74) is 0. The predicted octanol–water partition coefficient (Wildman–Crippen LogP) is 4.34. The lowest BCUT2D eigenvalue weighted by Crippen LogP contribution is -2.46. The van der Waals surface area contributed by atoms with Crippen molar-refractivity contribution in [1.29, 1.82) is 0 Å². The number of piperidine rings is 1. The van der Waals surface area contributed by atoms with Gasteiger partial charge in [-0.3, -0.25) is 9.59 Å². The number of carbonyl (C=O) groups is 2. The molecule has 2 heterocycles. The summed E-state index contributed by atoms with van der Waals surface area (Å²) in [6.07, 6.45) is 3.10. The minimum atomic E-state index is -0.218. The normalized spacial score (nSPS) is 17.8. The lowest BCUT2D eigenvalue weighted by atomic mass is 9.96. The largest absolute Gasteiger partial charge is 0.342 e. The number of halogens is 1. The van der Waals surface area contributed by atoms with Crippen LogP contribution in [-0.2, 0) is 9.59 Å². The highest BCUT2D eigenvalue weighted by Gasteiger charge is 2.30. The Morgan fingerprint density at radius 2 is 2.07 bits per heavy atom. The Kier molecular flexibility index (Phi) is 7.34. The molecule has 2 amide bonds. The van der Waals surface area contributed by atoms with Crippen molar-refractivity contribution in [3.8, 4) is 0 Å². The van der Waals surface area contributed by atoms with E-state index in [4.69, 9.17) is 11.6 Å². The number of thioether (sulfide) groups is 1. The highest BCUT2D eigenvalue weighted by molar-refractivity contribution is 7.99. The molecule has 1 N–H and O–H groups in total. The summed E-state index contributed by atoms with van der Waals surface area (Å²) in [5, 5.41) is 3.35. The van der Waals surface area contributed by atoms with Gasteiger partial charge < -0.3 is 10.2 Å². The maximum Gasteiger partial charge on any atom is 0.230 e. The molecular weight excluding hydrogens is 394 g/mol. The molecule has 3 rings (SSSR count). The standard InChI is InChI=1S/C21H24ClN3O2S/c1-15(14-28-18-7-3-2-4-8-18)21(27)25-11-5-6-16(13-25)20(26)24-19-10-9-17(22)12-23-19/h2-4,7-10,12,15-16H,5-6,11,13-14H2,1H3,(H,23,24,26). The Hall–Kier alpha value is -2.05. The first-order valence-electron chi connectivity index (χ1n) is 9.42. The van der Waals surface area contributed by atoms with Crippen LogP contribution in [-0.4, -0.2) is 40.5 Å². The van der Waals surface area contributed by atoms with Crippen molar-refractivity contribution in [3.63, 3.8) is 0 Å². The molecule has 0 radical (unpaired) electrons. The van der Waals surface area contributed by atoms with E-state index in [2.05, 4.69) is 10.3 Å². The fraction of sp³-hybridized carbons (Fsp3) is 0.381. The molecule has 1 fully saturated rings. The highest BCUT2D eigenvalue weighted by Crippen LogP contribution is 2.24. The summed E-state index contributed by atoms with van der Waals surface area (Å²) in [5.74, 6) is 0.911. The molecule has 2 aromatic rings. The first-order valence-corrected chi connectivity index (χ1v) is 10.8. The van der Waals surface area contributed by atoms with Gasteiger partial charge in [0.25, 0.3) is 0 Å². The van der Waals surface area contributed by atoms with Gasteiger partial charge in [0.15, 0.2) is 0 Å². The third-order valence-corrected chi connectivity index (χ3v) is 6.24. The summed E-state index contributed by atoms with van der Waals surface area (Å²) < 4.78 is 0. The first kappa shape index (κ1) is 20.7. The molecule has 1 aromatic carbocycles. The number of hydrogen-bond donors (Lipinski definition) is 1. The van der Waals surface area contributed by atoms with Gasteiger partial charge in [-0.05, 0) is 37.1 Å². The Labute approximate surface area is 174 Å². The Morgan fingerprint density at radius 1 is 1.29 bits per heavy atom. The molecular formula is C21H24ClN3O2S. The molecule has 5 nitrogen and oxygen atoms in total. The number of carbonyl (C=O) groups excluding carboxylic acids is 2. The molecule has 0 aliphatic carbocycles. The summed E-state index contributed by atoms with van der Waals surface area (Å²) in [6.45, 7) is 3.13. The third-order valence-electron chi connectivity index (χ3n) is 4.75. The smallest absolute Gasteiger partial charge is 0.230 e. The van der Waals surface area contributed by atoms with E-state index in [0.29, 0.717) is 23.9 Å². The van der Waals surface area contributed by atoms with Crippen LogP contribution in [0, 0.1) is 11.8 Å². The number of nitrogens with zero attached hydrogens (tertiary/aromatic N) is 2. The third kappa shape index (κ3) is 5.72. The van der Waals surface area contributed by atoms with E-state index in [0.717, 1.165) is 23.5 Å². The number of hydrogen-bond acceptors (Lipinski definition) is 4. The molecule has 1 aromatic heterocycles. The second kappa shape index (κ2) is 9.94. The van der Waals surface area contributed by atoms with Crippen LogP contribution in [0.15, 0.2) is 53.6 Å². The van der Waals surface area contributed by atoms with Crippen molar-refractivity contribution < 1.29 is 9.59 Å². The van der Waals surface area contributed by atoms with Gasteiger partial charge >= 0.3 is 0 Å². The summed E-state index contributed by atoms with van der Waals surface area (Å²) in [7, 11) is 0. The van der Waals surface area contributed by atoms with Gasteiger partial charge in [0.05, 0.1) is 10.9 Å². The van der Waals surface area contributed by atoms with E-state index in [-0.39, 0.29) is 23.7 Å². The zero-order chi connectivity index (χ0) is 19.9. The summed E-state index contributed by atoms with van der Waals surface area (Å²) >= 11 is 7.51. The van der Waals surface area contributed by atoms with Crippen LogP contribution in [0.4, 0.5) is 5.82 Å². The predicted molar refractivity (Wildman–Crippen MR) is 114 cm³/mol. The molecule has 28 heavy (non-hydrogen) atoms.